The number of nitrogens with zero attached hydrogens (tertiary/aromatic N) is 3. The van der Waals surface area contributed by atoms with Crippen molar-refractivity contribution in [3.63, 3.8) is 0 Å². The Balaban J connectivity index is 2.50. The summed E-state index contributed by atoms with van der Waals surface area (Å²) >= 11 is 0. The summed E-state index contributed by atoms with van der Waals surface area (Å²) in [6.45, 7) is 4.98. The molecule has 1 aliphatic heterocycles. The molecule has 1 atom stereocenters. The molecule has 0 N–H and O–H groups in total. The van der Waals surface area contributed by atoms with Crippen LogP contribution in [0, 0.1) is 0 Å². The molecule has 0 aromatic carbocycles. The van der Waals surface area contributed by atoms with Crippen LogP contribution < -0.4 is 0 Å². The lowest BCUT2D eigenvalue weighted by atomic mass is 10.3. The van der Waals surface area contributed by atoms with E-state index in [-0.39, 0.29) is 0 Å². The van der Waals surface area contributed by atoms with Crippen LogP contribution in [0.1, 0.15) is 6.92 Å². The lowest BCUT2D eigenvalue weighted by Crippen LogP contribution is -2.54. The van der Waals surface area contributed by atoms with Crippen molar-refractivity contribution in [1.82, 2.24) is 14.1 Å². The molecular formula is C9H21N3O2S. The predicted molar refractivity (Wildman–Crippen MR) is 61.1 cm³/mol. The third-order valence-corrected chi connectivity index (χ3v) is 4.32. The molecular weight excluding hydrogens is 214 g/mol. The lowest BCUT2D eigenvalue weighted by molar-refractivity contribution is 0.0635. The molecule has 1 aliphatic rings. The molecule has 1 unspecified atom stereocenters. The Morgan fingerprint density at radius 2 is 1.60 bits per heavy atom. The minimum absolute atomic E-state index is 0.367. The molecule has 1 heterocycles. The molecule has 5 nitrogen and oxygen atoms in total. The van der Waals surface area contributed by atoms with Crippen LogP contribution in [0.15, 0.2) is 0 Å². The van der Waals surface area contributed by atoms with Crippen LogP contribution in [0.4, 0.5) is 0 Å². The van der Waals surface area contributed by atoms with E-state index in [0.29, 0.717) is 19.3 Å². The van der Waals surface area contributed by atoms with Gasteiger partial charge in [0.25, 0.3) is 0 Å². The minimum atomic E-state index is -3.00. The van der Waals surface area contributed by atoms with E-state index < -0.39 is 10.0 Å². The fraction of sp³-hybridized carbons (Fsp3) is 1.00. The monoisotopic (exact) mass is 235 g/mol. The third kappa shape index (κ3) is 3.41. The standard InChI is InChI=1S/C9H21N3O2S/c1-9(10(2)3)11-5-7-12(8-6-11)15(4,13)14/h9H,5-8H2,1-4H3. The molecule has 1 saturated heterocycles. The highest BCUT2D eigenvalue weighted by Gasteiger charge is 2.26. The first-order valence-corrected chi connectivity index (χ1v) is 7.03. The summed E-state index contributed by atoms with van der Waals surface area (Å²) in [6, 6.07) is 0. The van der Waals surface area contributed by atoms with Crippen LogP contribution in [0.5, 0.6) is 0 Å². The first kappa shape index (κ1) is 12.9. The fourth-order valence-electron chi connectivity index (χ4n) is 1.74. The molecule has 1 rings (SSSR count). The molecule has 0 aromatic heterocycles. The second-order valence-electron chi connectivity index (χ2n) is 4.29. The number of hydrogen-bond donors (Lipinski definition) is 0. The van der Waals surface area contributed by atoms with Crippen molar-refractivity contribution in [3.8, 4) is 0 Å². The van der Waals surface area contributed by atoms with Gasteiger partial charge in [-0.25, -0.2) is 8.42 Å². The van der Waals surface area contributed by atoms with Crippen molar-refractivity contribution < 1.29 is 8.42 Å². The van der Waals surface area contributed by atoms with Gasteiger partial charge >= 0.3 is 0 Å². The second-order valence-corrected chi connectivity index (χ2v) is 6.28. The van der Waals surface area contributed by atoms with Crippen molar-refractivity contribution in [2.24, 2.45) is 0 Å². The summed E-state index contributed by atoms with van der Waals surface area (Å²) in [7, 11) is 1.07. The zero-order valence-corrected chi connectivity index (χ0v) is 10.8. The van der Waals surface area contributed by atoms with Gasteiger partial charge in [-0.1, -0.05) is 0 Å². The molecule has 0 aromatic rings. The SMILES string of the molecule is CC(N(C)C)N1CCN(S(C)(=O)=O)CC1. The Morgan fingerprint density at radius 3 is 1.93 bits per heavy atom. The van der Waals surface area contributed by atoms with Crippen LogP contribution in [-0.4, -0.2) is 75.2 Å². The van der Waals surface area contributed by atoms with Crippen LogP contribution in [0.25, 0.3) is 0 Å². The molecule has 0 amide bonds. The molecule has 15 heavy (non-hydrogen) atoms. The van der Waals surface area contributed by atoms with Crippen LogP contribution in [0.2, 0.25) is 0 Å². The van der Waals surface area contributed by atoms with Crippen molar-refractivity contribution >= 4 is 10.0 Å². The van der Waals surface area contributed by atoms with Gasteiger partial charge in [0.2, 0.25) is 10.0 Å². The van der Waals surface area contributed by atoms with Gasteiger partial charge in [-0.2, -0.15) is 4.31 Å². The average Bonchev–Trinajstić information content (AvgIpc) is 2.15. The maximum Gasteiger partial charge on any atom is 0.211 e. The van der Waals surface area contributed by atoms with Gasteiger partial charge in [-0.05, 0) is 21.0 Å². The highest BCUT2D eigenvalue weighted by Crippen LogP contribution is 2.09. The normalized spacial score (nSPS) is 23.3. The Labute approximate surface area is 92.7 Å². The number of hydrogen-bond acceptors (Lipinski definition) is 4. The minimum Gasteiger partial charge on any atom is -0.294 e. The molecule has 6 heteroatoms. The molecule has 90 valence electrons. The average molecular weight is 235 g/mol. The summed E-state index contributed by atoms with van der Waals surface area (Å²) < 4.78 is 24.1. The molecule has 1 fully saturated rings. The van der Waals surface area contributed by atoms with Crippen molar-refractivity contribution in [2.75, 3.05) is 46.5 Å². The number of sulfonamides is 1. The smallest absolute Gasteiger partial charge is 0.211 e. The number of piperazine rings is 1. The van der Waals surface area contributed by atoms with Crippen LogP contribution in [0.3, 0.4) is 0 Å². The molecule has 0 spiro atoms. The van der Waals surface area contributed by atoms with E-state index in [9.17, 15) is 8.42 Å². The molecule has 0 saturated carbocycles. The third-order valence-electron chi connectivity index (χ3n) is 3.02. The zero-order valence-electron chi connectivity index (χ0n) is 9.97. The first-order valence-electron chi connectivity index (χ1n) is 5.18. The number of rotatable bonds is 3. The van der Waals surface area contributed by atoms with Crippen molar-refractivity contribution in [1.29, 1.82) is 0 Å². The van der Waals surface area contributed by atoms with E-state index in [2.05, 4.69) is 16.7 Å². The molecule has 0 bridgehead atoms. The van der Waals surface area contributed by atoms with Gasteiger partial charge < -0.3 is 0 Å². The van der Waals surface area contributed by atoms with E-state index in [1.54, 1.807) is 4.31 Å². The predicted octanol–water partition coefficient (Wildman–Crippen LogP) is -0.529. The second kappa shape index (κ2) is 4.78. The van der Waals surface area contributed by atoms with Crippen molar-refractivity contribution in [3.05, 3.63) is 0 Å². The van der Waals surface area contributed by atoms with E-state index in [1.807, 2.05) is 14.1 Å². The summed E-state index contributed by atoms with van der Waals surface area (Å²) in [6.07, 6.45) is 1.64. The largest absolute Gasteiger partial charge is 0.294 e. The Hall–Kier alpha value is -0.170. The lowest BCUT2D eigenvalue weighted by Gasteiger charge is -2.39. The maximum absolute atomic E-state index is 11.3. The van der Waals surface area contributed by atoms with Gasteiger partial charge in [0.15, 0.2) is 0 Å². The molecule has 0 radical (unpaired) electrons. The van der Waals surface area contributed by atoms with Gasteiger partial charge in [0.1, 0.15) is 0 Å². The van der Waals surface area contributed by atoms with Crippen LogP contribution in [-0.2, 0) is 10.0 Å². The Kier molecular flexibility index (Phi) is 4.11. The van der Waals surface area contributed by atoms with Gasteiger partial charge in [0.05, 0.1) is 12.4 Å². The summed E-state index contributed by atoms with van der Waals surface area (Å²) in [4.78, 5) is 4.43. The summed E-state index contributed by atoms with van der Waals surface area (Å²) in [5.41, 5.74) is 0. The maximum atomic E-state index is 11.3. The summed E-state index contributed by atoms with van der Waals surface area (Å²) in [5, 5.41) is 0. The fourth-order valence-corrected chi connectivity index (χ4v) is 2.56. The highest BCUT2D eigenvalue weighted by molar-refractivity contribution is 7.88. The molecule has 0 aliphatic carbocycles. The topological polar surface area (TPSA) is 43.9 Å². The van der Waals surface area contributed by atoms with Gasteiger partial charge in [-0.3, -0.25) is 9.80 Å². The van der Waals surface area contributed by atoms with E-state index in [4.69, 9.17) is 0 Å². The van der Waals surface area contributed by atoms with E-state index in [0.717, 1.165) is 13.1 Å². The van der Waals surface area contributed by atoms with Gasteiger partial charge in [0, 0.05) is 26.2 Å². The van der Waals surface area contributed by atoms with E-state index >= 15 is 0 Å². The van der Waals surface area contributed by atoms with Crippen molar-refractivity contribution in [2.45, 2.75) is 13.1 Å². The first-order chi connectivity index (χ1) is 6.82. The van der Waals surface area contributed by atoms with Gasteiger partial charge in [-0.15, -0.1) is 0 Å². The quantitative estimate of drug-likeness (QED) is 0.660. The highest BCUT2D eigenvalue weighted by atomic mass is 32.2. The zero-order chi connectivity index (χ0) is 11.6. The Morgan fingerprint density at radius 1 is 1.13 bits per heavy atom. The Bertz CT molecular complexity index is 294. The van der Waals surface area contributed by atoms with E-state index in [1.165, 1.54) is 6.26 Å². The summed E-state index contributed by atoms with van der Waals surface area (Å²) in [5.74, 6) is 0. The van der Waals surface area contributed by atoms with Crippen LogP contribution >= 0.6 is 0 Å².